The number of anilines is 1. The van der Waals surface area contributed by atoms with Crippen molar-refractivity contribution in [1.82, 2.24) is 4.98 Å². The molecular weight excluding hydrogens is 276 g/mol. The van der Waals surface area contributed by atoms with Gasteiger partial charge in [-0.25, -0.2) is 4.79 Å². The van der Waals surface area contributed by atoms with Crippen molar-refractivity contribution in [1.29, 1.82) is 0 Å². The monoisotopic (exact) mass is 298 g/mol. The van der Waals surface area contributed by atoms with E-state index in [0.29, 0.717) is 13.0 Å². The van der Waals surface area contributed by atoms with E-state index in [1.807, 2.05) is 69.3 Å². The molecule has 0 N–H and O–H groups in total. The summed E-state index contributed by atoms with van der Waals surface area (Å²) in [5.41, 5.74) is 1.26. The van der Waals surface area contributed by atoms with Crippen LogP contribution in [0.15, 0.2) is 54.7 Å². The molecule has 1 amide bonds. The van der Waals surface area contributed by atoms with Gasteiger partial charge in [-0.1, -0.05) is 24.3 Å². The standard InChI is InChI=1S/C18H22N2O2/c1-18(2,3)22-17(21)20(16-10-5-4-6-11-16)14-12-15-9-7-8-13-19-15/h4-11,13H,12,14H2,1-3H3. The molecule has 4 heteroatoms. The molecule has 0 radical (unpaired) electrons. The number of carbonyl (C=O) groups is 1. The fourth-order valence-corrected chi connectivity index (χ4v) is 2.02. The van der Waals surface area contributed by atoms with Crippen molar-refractivity contribution in [3.63, 3.8) is 0 Å². The molecule has 1 aromatic heterocycles. The van der Waals surface area contributed by atoms with E-state index in [0.717, 1.165) is 11.4 Å². The van der Waals surface area contributed by atoms with E-state index < -0.39 is 5.60 Å². The summed E-state index contributed by atoms with van der Waals surface area (Å²) in [5.74, 6) is 0. The van der Waals surface area contributed by atoms with Gasteiger partial charge in [0, 0.05) is 30.5 Å². The Hall–Kier alpha value is -2.36. The number of hydrogen-bond donors (Lipinski definition) is 0. The Balaban J connectivity index is 2.13. The van der Waals surface area contributed by atoms with E-state index in [9.17, 15) is 4.79 Å². The number of benzene rings is 1. The van der Waals surface area contributed by atoms with Crippen molar-refractivity contribution < 1.29 is 9.53 Å². The first kappa shape index (κ1) is 16.0. The first-order valence-electron chi connectivity index (χ1n) is 7.41. The van der Waals surface area contributed by atoms with Crippen LogP contribution in [0.2, 0.25) is 0 Å². The van der Waals surface area contributed by atoms with Gasteiger partial charge >= 0.3 is 6.09 Å². The fourth-order valence-electron chi connectivity index (χ4n) is 2.02. The fraction of sp³-hybridized carbons (Fsp3) is 0.333. The van der Waals surface area contributed by atoms with Crippen molar-refractivity contribution in [2.24, 2.45) is 0 Å². The molecule has 116 valence electrons. The number of ether oxygens (including phenoxy) is 1. The zero-order chi connectivity index (χ0) is 16.0. The molecule has 0 aliphatic heterocycles. The minimum Gasteiger partial charge on any atom is -0.443 e. The number of para-hydroxylation sites is 1. The summed E-state index contributed by atoms with van der Waals surface area (Å²) in [7, 11) is 0. The Kier molecular flexibility index (Phi) is 5.15. The molecule has 0 saturated heterocycles. The number of pyridine rings is 1. The molecule has 0 aliphatic rings. The van der Waals surface area contributed by atoms with Gasteiger partial charge in [0.25, 0.3) is 0 Å². The van der Waals surface area contributed by atoms with Gasteiger partial charge in [-0.05, 0) is 45.0 Å². The van der Waals surface area contributed by atoms with Gasteiger partial charge in [0.1, 0.15) is 5.60 Å². The second-order valence-corrected chi connectivity index (χ2v) is 6.04. The molecular formula is C18H22N2O2. The Labute approximate surface area is 131 Å². The molecule has 2 rings (SSSR count). The summed E-state index contributed by atoms with van der Waals surface area (Å²) >= 11 is 0. The molecule has 1 heterocycles. The van der Waals surface area contributed by atoms with Crippen molar-refractivity contribution in [2.75, 3.05) is 11.4 Å². The first-order valence-corrected chi connectivity index (χ1v) is 7.41. The van der Waals surface area contributed by atoms with E-state index in [4.69, 9.17) is 4.74 Å². The smallest absolute Gasteiger partial charge is 0.414 e. The van der Waals surface area contributed by atoms with Crippen molar-refractivity contribution >= 4 is 11.8 Å². The van der Waals surface area contributed by atoms with Gasteiger partial charge in [-0.2, -0.15) is 0 Å². The zero-order valence-electron chi connectivity index (χ0n) is 13.3. The minimum absolute atomic E-state index is 0.338. The second-order valence-electron chi connectivity index (χ2n) is 6.04. The van der Waals surface area contributed by atoms with Crippen LogP contribution in [0.3, 0.4) is 0 Å². The maximum absolute atomic E-state index is 12.5. The third-order valence-electron chi connectivity index (χ3n) is 3.00. The highest BCUT2D eigenvalue weighted by molar-refractivity contribution is 5.87. The quantitative estimate of drug-likeness (QED) is 0.854. The number of rotatable bonds is 4. The number of hydrogen-bond acceptors (Lipinski definition) is 3. The Morgan fingerprint density at radius 3 is 2.36 bits per heavy atom. The van der Waals surface area contributed by atoms with Crippen LogP contribution in [0, 0.1) is 0 Å². The highest BCUT2D eigenvalue weighted by Gasteiger charge is 2.23. The SMILES string of the molecule is CC(C)(C)OC(=O)N(CCc1ccccn1)c1ccccc1. The molecule has 0 fully saturated rings. The maximum Gasteiger partial charge on any atom is 0.414 e. The number of carbonyl (C=O) groups excluding carboxylic acids is 1. The Morgan fingerprint density at radius 2 is 1.77 bits per heavy atom. The zero-order valence-corrected chi connectivity index (χ0v) is 13.3. The van der Waals surface area contributed by atoms with Gasteiger partial charge in [-0.3, -0.25) is 9.88 Å². The van der Waals surface area contributed by atoms with Crippen LogP contribution in [0.1, 0.15) is 26.5 Å². The molecule has 2 aromatic rings. The second kappa shape index (κ2) is 7.07. The van der Waals surface area contributed by atoms with Crippen LogP contribution >= 0.6 is 0 Å². The third-order valence-corrected chi connectivity index (χ3v) is 3.00. The largest absolute Gasteiger partial charge is 0.443 e. The molecule has 0 saturated carbocycles. The van der Waals surface area contributed by atoms with E-state index in [1.54, 1.807) is 11.1 Å². The highest BCUT2D eigenvalue weighted by Crippen LogP contribution is 2.18. The lowest BCUT2D eigenvalue weighted by molar-refractivity contribution is 0.0580. The van der Waals surface area contributed by atoms with Crippen LogP contribution in [0.5, 0.6) is 0 Å². The topological polar surface area (TPSA) is 42.4 Å². The predicted molar refractivity (Wildman–Crippen MR) is 88.0 cm³/mol. The Morgan fingerprint density at radius 1 is 1.09 bits per heavy atom. The van der Waals surface area contributed by atoms with Gasteiger partial charge in [-0.15, -0.1) is 0 Å². The summed E-state index contributed by atoms with van der Waals surface area (Å²) in [6.45, 7) is 6.13. The molecule has 0 unspecified atom stereocenters. The average Bonchev–Trinajstić information content (AvgIpc) is 2.48. The summed E-state index contributed by atoms with van der Waals surface area (Å²) in [5, 5.41) is 0. The molecule has 0 atom stereocenters. The van der Waals surface area contributed by atoms with Crippen LogP contribution in [0.25, 0.3) is 0 Å². The molecule has 4 nitrogen and oxygen atoms in total. The molecule has 0 spiro atoms. The van der Waals surface area contributed by atoms with E-state index in [1.165, 1.54) is 0 Å². The lowest BCUT2D eigenvalue weighted by atomic mass is 10.2. The minimum atomic E-state index is -0.519. The maximum atomic E-state index is 12.5. The summed E-state index contributed by atoms with van der Waals surface area (Å²) < 4.78 is 5.51. The van der Waals surface area contributed by atoms with Crippen LogP contribution in [0.4, 0.5) is 10.5 Å². The summed E-state index contributed by atoms with van der Waals surface area (Å²) in [6, 6.07) is 15.3. The van der Waals surface area contributed by atoms with Crippen molar-refractivity contribution in [3.05, 3.63) is 60.4 Å². The lowest BCUT2D eigenvalue weighted by Gasteiger charge is -2.27. The number of aromatic nitrogens is 1. The Bertz CT molecular complexity index is 591. The lowest BCUT2D eigenvalue weighted by Crippen LogP contribution is -2.38. The van der Waals surface area contributed by atoms with Crippen LogP contribution in [-0.4, -0.2) is 23.2 Å². The molecule has 1 aromatic carbocycles. The van der Waals surface area contributed by atoms with Crippen molar-refractivity contribution in [2.45, 2.75) is 32.8 Å². The first-order chi connectivity index (χ1) is 10.5. The van der Waals surface area contributed by atoms with Gasteiger partial charge in [0.2, 0.25) is 0 Å². The van der Waals surface area contributed by atoms with Gasteiger partial charge in [0.15, 0.2) is 0 Å². The molecule has 0 bridgehead atoms. The van der Waals surface area contributed by atoms with E-state index in [-0.39, 0.29) is 6.09 Å². The highest BCUT2D eigenvalue weighted by atomic mass is 16.6. The third kappa shape index (κ3) is 4.88. The summed E-state index contributed by atoms with van der Waals surface area (Å²) in [4.78, 5) is 18.4. The number of amides is 1. The van der Waals surface area contributed by atoms with Crippen LogP contribution in [-0.2, 0) is 11.2 Å². The predicted octanol–water partition coefficient (Wildman–Crippen LogP) is 4.07. The molecule has 22 heavy (non-hydrogen) atoms. The average molecular weight is 298 g/mol. The van der Waals surface area contributed by atoms with Gasteiger partial charge in [0.05, 0.1) is 0 Å². The van der Waals surface area contributed by atoms with Gasteiger partial charge < -0.3 is 4.74 Å². The normalized spacial score (nSPS) is 11.0. The van der Waals surface area contributed by atoms with Crippen LogP contribution < -0.4 is 4.90 Å². The van der Waals surface area contributed by atoms with E-state index in [2.05, 4.69) is 4.98 Å². The van der Waals surface area contributed by atoms with Crippen molar-refractivity contribution in [3.8, 4) is 0 Å². The summed E-state index contributed by atoms with van der Waals surface area (Å²) in [6.07, 6.45) is 2.10. The number of nitrogens with zero attached hydrogens (tertiary/aromatic N) is 2. The van der Waals surface area contributed by atoms with E-state index >= 15 is 0 Å². The molecule has 0 aliphatic carbocycles.